The largest absolute Gasteiger partial charge is 0.349 e. The molecule has 1 aromatic carbocycles. The van der Waals surface area contributed by atoms with Crippen LogP contribution in [0.4, 0.5) is 0 Å². The number of aromatic amines is 1. The van der Waals surface area contributed by atoms with Crippen molar-refractivity contribution in [2.24, 2.45) is 5.10 Å². The van der Waals surface area contributed by atoms with Gasteiger partial charge in [0.05, 0.1) is 21.5 Å². The second-order valence-corrected chi connectivity index (χ2v) is 5.73. The Labute approximate surface area is 121 Å². The molecule has 0 saturated heterocycles. The Balaban J connectivity index is 2.14. The molecule has 0 bridgehead atoms. The van der Waals surface area contributed by atoms with Crippen LogP contribution in [0.1, 0.15) is 4.88 Å². The molecule has 0 unspecified atom stereocenters. The van der Waals surface area contributed by atoms with Crippen molar-refractivity contribution in [1.82, 2.24) is 9.66 Å². The van der Waals surface area contributed by atoms with Crippen LogP contribution < -0.4 is 11.2 Å². The van der Waals surface area contributed by atoms with Gasteiger partial charge in [-0.3, -0.25) is 4.79 Å². The molecule has 0 aliphatic carbocycles. The van der Waals surface area contributed by atoms with Crippen LogP contribution in [0.15, 0.2) is 51.1 Å². The highest BCUT2D eigenvalue weighted by atomic mass is 35.5. The number of H-pyrrole nitrogens is 1. The third-order valence-electron chi connectivity index (χ3n) is 2.68. The number of nitrogens with zero attached hydrogens (tertiary/aromatic N) is 2. The molecule has 100 valence electrons. The SMILES string of the molecule is O=c1[nH]c2ccccc2c(=O)n1N=Cc1ccc(Cl)s1. The van der Waals surface area contributed by atoms with Crippen LogP contribution in [0.25, 0.3) is 10.9 Å². The third-order valence-corrected chi connectivity index (χ3v) is 3.84. The first kappa shape index (κ1) is 12.8. The van der Waals surface area contributed by atoms with Gasteiger partial charge < -0.3 is 4.98 Å². The van der Waals surface area contributed by atoms with E-state index >= 15 is 0 Å². The molecule has 0 fully saturated rings. The molecule has 3 aromatic rings. The Bertz CT molecular complexity index is 923. The summed E-state index contributed by atoms with van der Waals surface area (Å²) in [5.74, 6) is 0. The van der Waals surface area contributed by atoms with Crippen LogP contribution in [0.5, 0.6) is 0 Å². The second kappa shape index (κ2) is 5.07. The molecule has 2 aromatic heterocycles. The number of thiophene rings is 1. The summed E-state index contributed by atoms with van der Waals surface area (Å²) in [6.45, 7) is 0. The van der Waals surface area contributed by atoms with Gasteiger partial charge in [-0.05, 0) is 24.3 Å². The molecule has 0 radical (unpaired) electrons. The average Bonchev–Trinajstić information content (AvgIpc) is 2.84. The lowest BCUT2D eigenvalue weighted by Crippen LogP contribution is -2.32. The third kappa shape index (κ3) is 2.31. The van der Waals surface area contributed by atoms with Gasteiger partial charge in [0.1, 0.15) is 0 Å². The molecule has 0 atom stereocenters. The quantitative estimate of drug-likeness (QED) is 0.738. The van der Waals surface area contributed by atoms with Crippen molar-refractivity contribution in [2.75, 3.05) is 0 Å². The molecule has 0 amide bonds. The van der Waals surface area contributed by atoms with Crippen LogP contribution in [0, 0.1) is 0 Å². The summed E-state index contributed by atoms with van der Waals surface area (Å²) >= 11 is 7.11. The van der Waals surface area contributed by atoms with E-state index in [2.05, 4.69) is 10.1 Å². The Morgan fingerprint density at radius 2 is 2.00 bits per heavy atom. The van der Waals surface area contributed by atoms with Crippen molar-refractivity contribution < 1.29 is 0 Å². The molecule has 0 aliphatic rings. The molecule has 0 aliphatic heterocycles. The molecular formula is C13H8ClN3O2S. The first-order valence-corrected chi connectivity index (χ1v) is 6.88. The smallest absolute Gasteiger partial charge is 0.305 e. The summed E-state index contributed by atoms with van der Waals surface area (Å²) in [7, 11) is 0. The zero-order chi connectivity index (χ0) is 14.1. The van der Waals surface area contributed by atoms with Crippen molar-refractivity contribution in [3.63, 3.8) is 0 Å². The zero-order valence-corrected chi connectivity index (χ0v) is 11.6. The van der Waals surface area contributed by atoms with Crippen LogP contribution >= 0.6 is 22.9 Å². The summed E-state index contributed by atoms with van der Waals surface area (Å²) < 4.78 is 1.42. The molecule has 0 spiro atoms. The number of hydrogen-bond donors (Lipinski definition) is 1. The lowest BCUT2D eigenvalue weighted by molar-refractivity contribution is 0.771. The predicted octanol–water partition coefficient (Wildman–Crippen LogP) is 2.29. The van der Waals surface area contributed by atoms with Crippen LogP contribution in [-0.2, 0) is 0 Å². The number of benzene rings is 1. The fourth-order valence-corrected chi connectivity index (χ4v) is 2.70. The Hall–Kier alpha value is -2.18. The molecule has 0 saturated carbocycles. The minimum Gasteiger partial charge on any atom is -0.305 e. The van der Waals surface area contributed by atoms with Gasteiger partial charge in [0, 0.05) is 4.88 Å². The van der Waals surface area contributed by atoms with Gasteiger partial charge in [-0.25, -0.2) is 4.79 Å². The van der Waals surface area contributed by atoms with E-state index in [0.29, 0.717) is 15.2 Å². The summed E-state index contributed by atoms with van der Waals surface area (Å²) in [5.41, 5.74) is -0.538. The minimum atomic E-state index is -0.576. The summed E-state index contributed by atoms with van der Waals surface area (Å²) in [6.07, 6.45) is 1.43. The van der Waals surface area contributed by atoms with E-state index in [1.54, 1.807) is 36.4 Å². The standard InChI is InChI=1S/C13H8ClN3O2S/c14-11-6-5-8(20-11)7-15-17-12(18)9-3-1-2-4-10(9)16-13(17)19/h1-7H,(H,16,19). The van der Waals surface area contributed by atoms with E-state index in [1.165, 1.54) is 17.6 Å². The number of halogens is 1. The van der Waals surface area contributed by atoms with E-state index in [-0.39, 0.29) is 0 Å². The Morgan fingerprint density at radius 1 is 1.20 bits per heavy atom. The summed E-state index contributed by atoms with van der Waals surface area (Å²) in [6, 6.07) is 10.3. The highest BCUT2D eigenvalue weighted by molar-refractivity contribution is 7.17. The van der Waals surface area contributed by atoms with Gasteiger partial charge in [-0.2, -0.15) is 5.10 Å². The topological polar surface area (TPSA) is 67.2 Å². The summed E-state index contributed by atoms with van der Waals surface area (Å²) in [4.78, 5) is 27.4. The lowest BCUT2D eigenvalue weighted by atomic mass is 10.2. The van der Waals surface area contributed by atoms with E-state index in [1.807, 2.05) is 0 Å². The summed E-state index contributed by atoms with van der Waals surface area (Å²) in [5, 5.41) is 4.34. The maximum atomic E-state index is 12.2. The first-order valence-electron chi connectivity index (χ1n) is 5.69. The van der Waals surface area contributed by atoms with Gasteiger partial charge in [0.15, 0.2) is 0 Å². The van der Waals surface area contributed by atoms with Gasteiger partial charge in [-0.1, -0.05) is 23.7 Å². The van der Waals surface area contributed by atoms with Crippen molar-refractivity contribution in [3.05, 3.63) is 66.4 Å². The normalized spacial score (nSPS) is 11.4. The lowest BCUT2D eigenvalue weighted by Gasteiger charge is -1.99. The number of rotatable bonds is 2. The van der Waals surface area contributed by atoms with Crippen molar-refractivity contribution in [2.45, 2.75) is 0 Å². The highest BCUT2D eigenvalue weighted by Crippen LogP contribution is 2.19. The molecule has 1 N–H and O–H groups in total. The molecule has 3 rings (SSSR count). The molecule has 2 heterocycles. The van der Waals surface area contributed by atoms with E-state index in [0.717, 1.165) is 9.55 Å². The maximum Gasteiger partial charge on any atom is 0.349 e. The van der Waals surface area contributed by atoms with Gasteiger partial charge in [0.2, 0.25) is 0 Å². The number of fused-ring (bicyclic) bond motifs is 1. The van der Waals surface area contributed by atoms with E-state index in [9.17, 15) is 9.59 Å². The van der Waals surface area contributed by atoms with Gasteiger partial charge in [-0.15, -0.1) is 16.0 Å². The fourth-order valence-electron chi connectivity index (χ4n) is 1.77. The highest BCUT2D eigenvalue weighted by Gasteiger charge is 2.05. The predicted molar refractivity (Wildman–Crippen MR) is 81.1 cm³/mol. The van der Waals surface area contributed by atoms with E-state index < -0.39 is 11.2 Å². The number of nitrogens with one attached hydrogen (secondary N) is 1. The van der Waals surface area contributed by atoms with Crippen molar-refractivity contribution in [3.8, 4) is 0 Å². The van der Waals surface area contributed by atoms with Gasteiger partial charge >= 0.3 is 5.69 Å². The Morgan fingerprint density at radius 3 is 2.75 bits per heavy atom. The maximum absolute atomic E-state index is 12.2. The number of para-hydroxylation sites is 1. The van der Waals surface area contributed by atoms with Crippen LogP contribution in [0.2, 0.25) is 4.34 Å². The van der Waals surface area contributed by atoms with Crippen molar-refractivity contribution >= 4 is 40.1 Å². The first-order chi connectivity index (χ1) is 9.65. The molecule has 20 heavy (non-hydrogen) atoms. The number of aromatic nitrogens is 2. The van der Waals surface area contributed by atoms with Crippen LogP contribution in [0.3, 0.4) is 0 Å². The second-order valence-electron chi connectivity index (χ2n) is 3.98. The minimum absolute atomic E-state index is 0.411. The van der Waals surface area contributed by atoms with E-state index in [4.69, 9.17) is 11.6 Å². The average molecular weight is 306 g/mol. The zero-order valence-electron chi connectivity index (χ0n) is 10.0. The Kier molecular flexibility index (Phi) is 3.25. The monoisotopic (exact) mass is 305 g/mol. The van der Waals surface area contributed by atoms with Gasteiger partial charge in [0.25, 0.3) is 5.56 Å². The van der Waals surface area contributed by atoms with Crippen LogP contribution in [-0.4, -0.2) is 15.9 Å². The number of hydrogen-bond acceptors (Lipinski definition) is 4. The fraction of sp³-hybridized carbons (Fsp3) is 0. The molecule has 7 heteroatoms. The molecule has 5 nitrogen and oxygen atoms in total. The van der Waals surface area contributed by atoms with Crippen molar-refractivity contribution in [1.29, 1.82) is 0 Å². The molecular weight excluding hydrogens is 298 g/mol.